The van der Waals surface area contributed by atoms with E-state index in [1.54, 1.807) is 0 Å². The Bertz CT molecular complexity index is 339. The number of hydrogen-bond acceptors (Lipinski definition) is 2. The molecule has 0 fully saturated rings. The molecule has 0 spiro atoms. The normalized spacial score (nSPS) is 15.0. The van der Waals surface area contributed by atoms with E-state index in [2.05, 4.69) is 18.9 Å². The fourth-order valence-corrected chi connectivity index (χ4v) is 2.09. The molecule has 0 unspecified atom stereocenters. The van der Waals surface area contributed by atoms with E-state index in [1.807, 2.05) is 4.68 Å². The van der Waals surface area contributed by atoms with Gasteiger partial charge < -0.3 is 0 Å². The molecule has 0 atom stereocenters. The number of aromatic nitrogens is 2. The Kier molecular flexibility index (Phi) is 1.94. The Balaban J connectivity index is 2.55. The average molecular weight is 178 g/mol. The lowest BCUT2D eigenvalue weighted by atomic mass is 9.99. The number of hydrogen-bond donors (Lipinski definition) is 0. The molecule has 1 aliphatic heterocycles. The highest BCUT2D eigenvalue weighted by atomic mass is 16.1. The number of aryl methyl sites for hydroxylation is 1. The Morgan fingerprint density at radius 2 is 2.31 bits per heavy atom. The minimum atomic E-state index is 0.405. The number of carbonyl (C=O) groups excluding carboxylic acids is 1. The Morgan fingerprint density at radius 3 is 2.92 bits per heavy atom. The van der Waals surface area contributed by atoms with Gasteiger partial charge in [-0.25, -0.2) is 0 Å². The monoisotopic (exact) mass is 178 g/mol. The van der Waals surface area contributed by atoms with E-state index in [0.29, 0.717) is 11.6 Å². The lowest BCUT2D eigenvalue weighted by Crippen LogP contribution is -1.95. The summed E-state index contributed by atoms with van der Waals surface area (Å²) in [4.78, 5) is 10.8. The standard InChI is InChI=1S/C10H14N2O/c1-7(2)10-8(6-13)11-12-5-3-4-9(10)12/h6-7H,3-5H2,1-2H3. The molecule has 0 saturated carbocycles. The highest BCUT2D eigenvalue weighted by Crippen LogP contribution is 2.27. The third kappa shape index (κ3) is 1.19. The fraction of sp³-hybridized carbons (Fsp3) is 0.600. The second kappa shape index (κ2) is 2.98. The number of aldehydes is 1. The van der Waals surface area contributed by atoms with Gasteiger partial charge >= 0.3 is 0 Å². The van der Waals surface area contributed by atoms with Crippen LogP contribution >= 0.6 is 0 Å². The summed E-state index contributed by atoms with van der Waals surface area (Å²) in [6.07, 6.45) is 3.12. The van der Waals surface area contributed by atoms with Gasteiger partial charge in [-0.1, -0.05) is 13.8 Å². The van der Waals surface area contributed by atoms with Crippen LogP contribution in [0.15, 0.2) is 0 Å². The van der Waals surface area contributed by atoms with Crippen LogP contribution in [0.5, 0.6) is 0 Å². The van der Waals surface area contributed by atoms with E-state index in [-0.39, 0.29) is 0 Å². The Labute approximate surface area is 77.7 Å². The van der Waals surface area contributed by atoms with Gasteiger partial charge in [-0.15, -0.1) is 0 Å². The summed E-state index contributed by atoms with van der Waals surface area (Å²) < 4.78 is 1.99. The number of fused-ring (bicyclic) bond motifs is 1. The summed E-state index contributed by atoms with van der Waals surface area (Å²) in [5.74, 6) is 0.405. The zero-order valence-electron chi connectivity index (χ0n) is 8.08. The zero-order chi connectivity index (χ0) is 9.42. The Morgan fingerprint density at radius 1 is 1.54 bits per heavy atom. The van der Waals surface area contributed by atoms with Crippen LogP contribution in [0.25, 0.3) is 0 Å². The van der Waals surface area contributed by atoms with Gasteiger partial charge in [0, 0.05) is 17.8 Å². The second-order valence-corrected chi connectivity index (χ2v) is 3.84. The highest BCUT2D eigenvalue weighted by molar-refractivity contribution is 5.75. The van der Waals surface area contributed by atoms with Crippen LogP contribution in [0, 0.1) is 0 Å². The molecule has 0 N–H and O–H groups in total. The molecule has 0 amide bonds. The minimum absolute atomic E-state index is 0.405. The molecule has 1 aromatic heterocycles. The van der Waals surface area contributed by atoms with Crippen LogP contribution in [-0.4, -0.2) is 16.1 Å². The highest BCUT2D eigenvalue weighted by Gasteiger charge is 2.22. The summed E-state index contributed by atoms with van der Waals surface area (Å²) in [6.45, 7) is 5.20. The first-order chi connectivity index (χ1) is 6.24. The third-order valence-electron chi connectivity index (χ3n) is 2.60. The maximum absolute atomic E-state index is 10.8. The van der Waals surface area contributed by atoms with Gasteiger partial charge in [0.2, 0.25) is 0 Å². The van der Waals surface area contributed by atoms with Gasteiger partial charge in [0.25, 0.3) is 0 Å². The zero-order valence-corrected chi connectivity index (χ0v) is 8.08. The maximum Gasteiger partial charge on any atom is 0.170 e. The smallest absolute Gasteiger partial charge is 0.170 e. The molecule has 3 nitrogen and oxygen atoms in total. The molecule has 2 heterocycles. The number of rotatable bonds is 2. The molecule has 0 aromatic carbocycles. The van der Waals surface area contributed by atoms with E-state index in [0.717, 1.165) is 24.8 Å². The summed E-state index contributed by atoms with van der Waals surface area (Å²) in [7, 11) is 0. The van der Waals surface area contributed by atoms with Gasteiger partial charge in [-0.05, 0) is 18.8 Å². The quantitative estimate of drug-likeness (QED) is 0.647. The third-order valence-corrected chi connectivity index (χ3v) is 2.60. The number of nitrogens with zero attached hydrogens (tertiary/aromatic N) is 2. The molecule has 13 heavy (non-hydrogen) atoms. The van der Waals surface area contributed by atoms with Gasteiger partial charge in [0.1, 0.15) is 5.69 Å². The predicted octanol–water partition coefficient (Wildman–Crippen LogP) is 1.77. The van der Waals surface area contributed by atoms with E-state index < -0.39 is 0 Å². The molecule has 3 heteroatoms. The van der Waals surface area contributed by atoms with Crippen LogP contribution in [0.1, 0.15) is 47.9 Å². The van der Waals surface area contributed by atoms with E-state index >= 15 is 0 Å². The molecule has 2 rings (SSSR count). The molecule has 0 radical (unpaired) electrons. The van der Waals surface area contributed by atoms with Crippen molar-refractivity contribution in [1.82, 2.24) is 9.78 Å². The number of carbonyl (C=O) groups is 1. The minimum Gasteiger partial charge on any atom is -0.296 e. The van der Waals surface area contributed by atoms with E-state index in [4.69, 9.17) is 0 Å². The average Bonchev–Trinajstić information content (AvgIpc) is 2.59. The van der Waals surface area contributed by atoms with Crippen LogP contribution in [0.3, 0.4) is 0 Å². The van der Waals surface area contributed by atoms with Crippen molar-refractivity contribution >= 4 is 6.29 Å². The molecule has 1 aliphatic rings. The first-order valence-electron chi connectivity index (χ1n) is 4.78. The van der Waals surface area contributed by atoms with Crippen molar-refractivity contribution in [3.8, 4) is 0 Å². The van der Waals surface area contributed by atoms with Crippen LogP contribution in [0.2, 0.25) is 0 Å². The van der Waals surface area contributed by atoms with E-state index in [9.17, 15) is 4.79 Å². The van der Waals surface area contributed by atoms with Crippen molar-refractivity contribution in [2.24, 2.45) is 0 Å². The van der Waals surface area contributed by atoms with Gasteiger partial charge in [0.15, 0.2) is 6.29 Å². The predicted molar refractivity (Wildman–Crippen MR) is 50.0 cm³/mol. The summed E-state index contributed by atoms with van der Waals surface area (Å²) in [6, 6.07) is 0. The summed E-state index contributed by atoms with van der Waals surface area (Å²) in [5, 5.41) is 4.28. The molecular weight excluding hydrogens is 164 g/mol. The summed E-state index contributed by atoms with van der Waals surface area (Å²) >= 11 is 0. The second-order valence-electron chi connectivity index (χ2n) is 3.84. The van der Waals surface area contributed by atoms with Crippen LogP contribution < -0.4 is 0 Å². The van der Waals surface area contributed by atoms with Crippen molar-refractivity contribution in [3.63, 3.8) is 0 Å². The maximum atomic E-state index is 10.8. The molecule has 1 aromatic rings. The van der Waals surface area contributed by atoms with E-state index in [1.165, 1.54) is 12.1 Å². The van der Waals surface area contributed by atoms with Crippen molar-refractivity contribution in [2.75, 3.05) is 0 Å². The van der Waals surface area contributed by atoms with Crippen molar-refractivity contribution in [1.29, 1.82) is 0 Å². The summed E-state index contributed by atoms with van der Waals surface area (Å²) in [5.41, 5.74) is 3.08. The molecular formula is C10H14N2O. The van der Waals surface area contributed by atoms with Gasteiger partial charge in [-0.2, -0.15) is 5.10 Å². The SMILES string of the molecule is CC(C)c1c(C=O)nn2c1CCC2. The van der Waals surface area contributed by atoms with Crippen LogP contribution in [-0.2, 0) is 13.0 Å². The van der Waals surface area contributed by atoms with Gasteiger partial charge in [0.05, 0.1) is 0 Å². The first kappa shape index (κ1) is 8.48. The lowest BCUT2D eigenvalue weighted by Gasteiger charge is -2.04. The Hall–Kier alpha value is -1.12. The topological polar surface area (TPSA) is 34.9 Å². The van der Waals surface area contributed by atoms with Crippen molar-refractivity contribution < 1.29 is 4.79 Å². The fourth-order valence-electron chi connectivity index (χ4n) is 2.09. The van der Waals surface area contributed by atoms with Crippen LogP contribution in [0.4, 0.5) is 0 Å². The van der Waals surface area contributed by atoms with Gasteiger partial charge in [-0.3, -0.25) is 9.48 Å². The lowest BCUT2D eigenvalue weighted by molar-refractivity contribution is 0.111. The molecule has 0 saturated heterocycles. The van der Waals surface area contributed by atoms with Crippen molar-refractivity contribution in [3.05, 3.63) is 17.0 Å². The molecule has 70 valence electrons. The molecule has 0 aliphatic carbocycles. The van der Waals surface area contributed by atoms with Crippen molar-refractivity contribution in [2.45, 2.75) is 39.2 Å². The molecule has 0 bridgehead atoms. The largest absolute Gasteiger partial charge is 0.296 e. The first-order valence-corrected chi connectivity index (χ1v) is 4.78.